The summed E-state index contributed by atoms with van der Waals surface area (Å²) in [6.45, 7) is 6.72. The Morgan fingerprint density at radius 2 is 1.90 bits per heavy atom. The first-order valence-corrected chi connectivity index (χ1v) is 7.28. The molecule has 0 aliphatic carbocycles. The van der Waals surface area contributed by atoms with Crippen LogP contribution >= 0.6 is 0 Å². The van der Waals surface area contributed by atoms with Gasteiger partial charge in [0.05, 0.1) is 12.6 Å². The molecule has 1 aromatic rings. The van der Waals surface area contributed by atoms with Crippen LogP contribution in [0, 0.1) is 5.92 Å². The van der Waals surface area contributed by atoms with E-state index in [9.17, 15) is 9.90 Å². The van der Waals surface area contributed by atoms with Crippen LogP contribution in [0.2, 0.25) is 0 Å². The normalized spacial score (nSPS) is 12.2. The van der Waals surface area contributed by atoms with Gasteiger partial charge in [-0.3, -0.25) is 0 Å². The Labute approximate surface area is 121 Å². The van der Waals surface area contributed by atoms with E-state index in [2.05, 4.69) is 37.5 Å². The van der Waals surface area contributed by atoms with Crippen LogP contribution in [-0.4, -0.2) is 23.8 Å². The first-order chi connectivity index (χ1) is 9.56. The number of carbonyl (C=O) groups is 1. The molecule has 112 valence electrons. The second-order valence-electron chi connectivity index (χ2n) is 5.46. The summed E-state index contributed by atoms with van der Waals surface area (Å²) in [7, 11) is 0. The molecule has 0 saturated carbocycles. The van der Waals surface area contributed by atoms with Crippen LogP contribution in [-0.2, 0) is 13.0 Å². The number of hydrogen-bond acceptors (Lipinski definition) is 2. The van der Waals surface area contributed by atoms with Gasteiger partial charge >= 0.3 is 6.03 Å². The van der Waals surface area contributed by atoms with Crippen molar-refractivity contribution in [2.45, 2.75) is 46.2 Å². The van der Waals surface area contributed by atoms with Gasteiger partial charge in [0.2, 0.25) is 0 Å². The molecule has 0 radical (unpaired) electrons. The van der Waals surface area contributed by atoms with Gasteiger partial charge in [0.15, 0.2) is 0 Å². The number of nitrogens with one attached hydrogen (secondary N) is 2. The number of rotatable bonds is 7. The highest BCUT2D eigenvalue weighted by Crippen LogP contribution is 2.09. The van der Waals surface area contributed by atoms with Gasteiger partial charge in [-0.15, -0.1) is 0 Å². The fourth-order valence-electron chi connectivity index (χ4n) is 2.23. The summed E-state index contributed by atoms with van der Waals surface area (Å²) in [4.78, 5) is 11.8. The number of urea groups is 1. The lowest BCUT2D eigenvalue weighted by molar-refractivity contribution is 0.206. The van der Waals surface area contributed by atoms with Crippen molar-refractivity contribution in [3.05, 3.63) is 35.4 Å². The van der Waals surface area contributed by atoms with E-state index in [0.717, 1.165) is 18.4 Å². The number of aryl methyl sites for hydroxylation is 1. The summed E-state index contributed by atoms with van der Waals surface area (Å²) in [5.74, 6) is 0.438. The minimum absolute atomic E-state index is 0.0306. The minimum Gasteiger partial charge on any atom is -0.394 e. The molecule has 1 rings (SSSR count). The van der Waals surface area contributed by atoms with E-state index in [1.54, 1.807) is 0 Å². The van der Waals surface area contributed by atoms with Gasteiger partial charge in [-0.2, -0.15) is 0 Å². The van der Waals surface area contributed by atoms with Crippen LogP contribution in [0.25, 0.3) is 0 Å². The second kappa shape index (κ2) is 8.59. The average Bonchev–Trinajstić information content (AvgIpc) is 2.44. The number of amides is 2. The lowest BCUT2D eigenvalue weighted by Gasteiger charge is -2.19. The first-order valence-electron chi connectivity index (χ1n) is 7.28. The van der Waals surface area contributed by atoms with Crippen LogP contribution in [0.4, 0.5) is 4.79 Å². The SMILES string of the molecule is CCc1ccccc1CNC(=O)NC(CO)CC(C)C. The Kier molecular flexibility index (Phi) is 7.09. The van der Waals surface area contributed by atoms with E-state index < -0.39 is 0 Å². The van der Waals surface area contributed by atoms with Gasteiger partial charge in [0.25, 0.3) is 0 Å². The molecule has 4 heteroatoms. The molecule has 3 N–H and O–H groups in total. The molecule has 2 amide bonds. The molecular weight excluding hydrogens is 252 g/mol. The van der Waals surface area contributed by atoms with Crippen LogP contribution < -0.4 is 10.6 Å². The van der Waals surface area contributed by atoms with Gasteiger partial charge in [-0.25, -0.2) is 4.79 Å². The molecule has 1 unspecified atom stereocenters. The Bertz CT molecular complexity index is 419. The van der Waals surface area contributed by atoms with Crippen molar-refractivity contribution >= 4 is 6.03 Å². The van der Waals surface area contributed by atoms with Crippen molar-refractivity contribution in [3.8, 4) is 0 Å². The fraction of sp³-hybridized carbons (Fsp3) is 0.562. The van der Waals surface area contributed by atoms with Gasteiger partial charge in [0.1, 0.15) is 0 Å². The summed E-state index contributed by atoms with van der Waals surface area (Å²) in [6.07, 6.45) is 1.72. The predicted octanol–water partition coefficient (Wildman–Crippen LogP) is 2.46. The molecule has 0 bridgehead atoms. The predicted molar refractivity (Wildman–Crippen MR) is 81.5 cm³/mol. The van der Waals surface area contributed by atoms with Crippen molar-refractivity contribution in [3.63, 3.8) is 0 Å². The van der Waals surface area contributed by atoms with Crippen LogP contribution in [0.3, 0.4) is 0 Å². The number of hydrogen-bond donors (Lipinski definition) is 3. The monoisotopic (exact) mass is 278 g/mol. The third-order valence-corrected chi connectivity index (χ3v) is 3.25. The fourth-order valence-corrected chi connectivity index (χ4v) is 2.23. The van der Waals surface area contributed by atoms with E-state index in [1.807, 2.05) is 18.2 Å². The number of aliphatic hydroxyl groups excluding tert-OH is 1. The van der Waals surface area contributed by atoms with E-state index in [4.69, 9.17) is 0 Å². The molecule has 1 atom stereocenters. The Morgan fingerprint density at radius 3 is 2.45 bits per heavy atom. The van der Waals surface area contributed by atoms with Gasteiger partial charge in [0, 0.05) is 6.54 Å². The van der Waals surface area contributed by atoms with Gasteiger partial charge in [-0.1, -0.05) is 45.0 Å². The van der Waals surface area contributed by atoms with Crippen LogP contribution in [0.1, 0.15) is 38.3 Å². The smallest absolute Gasteiger partial charge is 0.315 e. The topological polar surface area (TPSA) is 61.4 Å². The van der Waals surface area contributed by atoms with Gasteiger partial charge < -0.3 is 15.7 Å². The molecule has 0 aliphatic heterocycles. The number of benzene rings is 1. The molecule has 20 heavy (non-hydrogen) atoms. The average molecular weight is 278 g/mol. The zero-order valence-corrected chi connectivity index (χ0v) is 12.6. The molecule has 0 fully saturated rings. The standard InChI is InChI=1S/C16H26N2O2/c1-4-13-7-5-6-8-14(13)10-17-16(20)18-15(11-19)9-12(2)3/h5-8,12,15,19H,4,9-11H2,1-3H3,(H2,17,18,20). The Balaban J connectivity index is 2.46. The lowest BCUT2D eigenvalue weighted by Crippen LogP contribution is -2.44. The third-order valence-electron chi connectivity index (χ3n) is 3.25. The number of aliphatic hydroxyl groups is 1. The number of carbonyl (C=O) groups excluding carboxylic acids is 1. The van der Waals surface area contributed by atoms with Crippen LogP contribution in [0.5, 0.6) is 0 Å². The van der Waals surface area contributed by atoms with Crippen LogP contribution in [0.15, 0.2) is 24.3 Å². The first kappa shape index (κ1) is 16.5. The Hall–Kier alpha value is -1.55. The molecule has 0 spiro atoms. The maximum atomic E-state index is 11.8. The van der Waals surface area contributed by atoms with Crippen molar-refractivity contribution in [1.29, 1.82) is 0 Å². The van der Waals surface area contributed by atoms with E-state index >= 15 is 0 Å². The highest BCUT2D eigenvalue weighted by Gasteiger charge is 2.12. The van der Waals surface area contributed by atoms with E-state index in [0.29, 0.717) is 12.5 Å². The van der Waals surface area contributed by atoms with Crippen molar-refractivity contribution in [1.82, 2.24) is 10.6 Å². The minimum atomic E-state index is -0.226. The lowest BCUT2D eigenvalue weighted by atomic mass is 10.0. The molecule has 0 saturated heterocycles. The zero-order chi connectivity index (χ0) is 15.0. The third kappa shape index (κ3) is 5.61. The quantitative estimate of drug-likeness (QED) is 0.717. The molecule has 1 aromatic carbocycles. The summed E-state index contributed by atoms with van der Waals surface area (Å²) >= 11 is 0. The Morgan fingerprint density at radius 1 is 1.25 bits per heavy atom. The summed E-state index contributed by atoms with van der Waals surface area (Å²) in [5, 5.41) is 14.9. The summed E-state index contributed by atoms with van der Waals surface area (Å²) in [6, 6.07) is 7.67. The zero-order valence-electron chi connectivity index (χ0n) is 12.6. The molecular formula is C16H26N2O2. The summed E-state index contributed by atoms with van der Waals surface area (Å²) in [5.41, 5.74) is 2.38. The molecule has 0 aromatic heterocycles. The van der Waals surface area contributed by atoms with Crippen molar-refractivity contribution in [2.75, 3.05) is 6.61 Å². The highest BCUT2D eigenvalue weighted by atomic mass is 16.3. The largest absolute Gasteiger partial charge is 0.394 e. The van der Waals surface area contributed by atoms with Crippen molar-refractivity contribution in [2.24, 2.45) is 5.92 Å². The summed E-state index contributed by atoms with van der Waals surface area (Å²) < 4.78 is 0. The maximum Gasteiger partial charge on any atom is 0.315 e. The maximum absolute atomic E-state index is 11.8. The van der Waals surface area contributed by atoms with Crippen molar-refractivity contribution < 1.29 is 9.90 Å². The second-order valence-corrected chi connectivity index (χ2v) is 5.46. The molecule has 0 aliphatic rings. The molecule has 4 nitrogen and oxygen atoms in total. The van der Waals surface area contributed by atoms with E-state index in [-0.39, 0.29) is 18.7 Å². The highest BCUT2D eigenvalue weighted by molar-refractivity contribution is 5.74. The molecule has 0 heterocycles. The van der Waals surface area contributed by atoms with E-state index in [1.165, 1.54) is 5.56 Å². The van der Waals surface area contributed by atoms with Gasteiger partial charge in [-0.05, 0) is 29.9 Å².